The summed E-state index contributed by atoms with van der Waals surface area (Å²) in [6, 6.07) is 14.9. The SMILES string of the molecule is CCCN(C)c1nc(-c2ccccc2)nc2c1CN(C(=O)Nc1c(Cl)cccc1Cl)CC2. The molecule has 0 spiro atoms. The second-order valence-electron chi connectivity index (χ2n) is 7.78. The van der Waals surface area contributed by atoms with Crippen LogP contribution in [0.2, 0.25) is 10.0 Å². The number of carbonyl (C=O) groups excluding carboxylic acids is 1. The van der Waals surface area contributed by atoms with Gasteiger partial charge >= 0.3 is 6.03 Å². The van der Waals surface area contributed by atoms with Gasteiger partial charge < -0.3 is 15.1 Å². The Morgan fingerprint density at radius 3 is 2.50 bits per heavy atom. The van der Waals surface area contributed by atoms with Gasteiger partial charge in [0, 0.05) is 37.7 Å². The van der Waals surface area contributed by atoms with Gasteiger partial charge in [-0.15, -0.1) is 0 Å². The lowest BCUT2D eigenvalue weighted by atomic mass is 10.0. The Morgan fingerprint density at radius 1 is 1.09 bits per heavy atom. The number of nitrogens with zero attached hydrogens (tertiary/aromatic N) is 4. The van der Waals surface area contributed by atoms with Crippen molar-refractivity contribution in [2.45, 2.75) is 26.3 Å². The Hall–Kier alpha value is -2.83. The van der Waals surface area contributed by atoms with Crippen molar-refractivity contribution in [3.63, 3.8) is 0 Å². The second kappa shape index (κ2) is 9.76. The van der Waals surface area contributed by atoms with Gasteiger partial charge in [-0.2, -0.15) is 0 Å². The maximum Gasteiger partial charge on any atom is 0.322 e. The molecule has 2 aromatic carbocycles. The van der Waals surface area contributed by atoms with E-state index in [9.17, 15) is 4.79 Å². The Balaban J connectivity index is 1.65. The van der Waals surface area contributed by atoms with E-state index in [2.05, 4.69) is 17.1 Å². The Morgan fingerprint density at radius 2 is 1.81 bits per heavy atom. The third kappa shape index (κ3) is 4.66. The van der Waals surface area contributed by atoms with Crippen LogP contribution in [0.3, 0.4) is 0 Å². The third-order valence-electron chi connectivity index (χ3n) is 5.47. The fourth-order valence-electron chi connectivity index (χ4n) is 3.85. The van der Waals surface area contributed by atoms with Crippen molar-refractivity contribution in [3.8, 4) is 11.4 Å². The number of aromatic nitrogens is 2. The summed E-state index contributed by atoms with van der Waals surface area (Å²) in [5.41, 5.74) is 3.37. The first-order valence-electron chi connectivity index (χ1n) is 10.6. The lowest BCUT2D eigenvalue weighted by Gasteiger charge is -2.32. The Bertz CT molecular complexity index is 1100. The van der Waals surface area contributed by atoms with Crippen molar-refractivity contribution >= 4 is 40.7 Å². The standard InChI is InChI=1S/C24H25Cl2N5O/c1-3-13-30(2)23-17-15-31(24(32)28-21-18(25)10-7-11-19(21)26)14-12-20(17)27-22(29-23)16-8-5-4-6-9-16/h4-11H,3,12-15H2,1-2H3,(H,28,32). The summed E-state index contributed by atoms with van der Waals surface area (Å²) in [5, 5.41) is 3.67. The van der Waals surface area contributed by atoms with Crippen LogP contribution in [-0.2, 0) is 13.0 Å². The van der Waals surface area contributed by atoms with E-state index < -0.39 is 0 Å². The number of carbonyl (C=O) groups is 1. The van der Waals surface area contributed by atoms with E-state index in [0.717, 1.165) is 35.6 Å². The first-order valence-corrected chi connectivity index (χ1v) is 11.4. The van der Waals surface area contributed by atoms with Crippen molar-refractivity contribution in [1.82, 2.24) is 14.9 Å². The fourth-order valence-corrected chi connectivity index (χ4v) is 4.34. The molecule has 4 rings (SSSR count). The zero-order chi connectivity index (χ0) is 22.7. The predicted octanol–water partition coefficient (Wildman–Crippen LogP) is 5.89. The summed E-state index contributed by atoms with van der Waals surface area (Å²) in [5.74, 6) is 1.58. The number of para-hydroxylation sites is 1. The summed E-state index contributed by atoms with van der Waals surface area (Å²) in [4.78, 5) is 26.7. The number of benzene rings is 2. The minimum absolute atomic E-state index is 0.248. The number of anilines is 2. The van der Waals surface area contributed by atoms with Crippen LogP contribution in [0.5, 0.6) is 0 Å². The Kier molecular flexibility index (Phi) is 6.82. The summed E-state index contributed by atoms with van der Waals surface area (Å²) in [7, 11) is 2.03. The van der Waals surface area contributed by atoms with Crippen molar-refractivity contribution in [1.29, 1.82) is 0 Å². The second-order valence-corrected chi connectivity index (χ2v) is 8.60. The molecule has 0 saturated heterocycles. The van der Waals surface area contributed by atoms with E-state index in [1.807, 2.05) is 37.4 Å². The highest BCUT2D eigenvalue weighted by Crippen LogP contribution is 2.32. The number of urea groups is 1. The van der Waals surface area contributed by atoms with Gasteiger partial charge in [-0.25, -0.2) is 14.8 Å². The monoisotopic (exact) mass is 469 g/mol. The molecular formula is C24H25Cl2N5O. The number of hydrogen-bond acceptors (Lipinski definition) is 4. The first-order chi connectivity index (χ1) is 15.5. The van der Waals surface area contributed by atoms with Crippen LogP contribution < -0.4 is 10.2 Å². The van der Waals surface area contributed by atoms with Crippen molar-refractivity contribution in [2.24, 2.45) is 0 Å². The van der Waals surface area contributed by atoms with E-state index in [1.165, 1.54) is 0 Å². The van der Waals surface area contributed by atoms with Crippen LogP contribution in [0.15, 0.2) is 48.5 Å². The van der Waals surface area contributed by atoms with E-state index in [0.29, 0.717) is 41.1 Å². The molecule has 0 bridgehead atoms. The van der Waals surface area contributed by atoms with E-state index >= 15 is 0 Å². The molecule has 1 N–H and O–H groups in total. The third-order valence-corrected chi connectivity index (χ3v) is 6.10. The number of rotatable bonds is 5. The highest BCUT2D eigenvalue weighted by molar-refractivity contribution is 6.39. The summed E-state index contributed by atoms with van der Waals surface area (Å²) < 4.78 is 0. The first kappa shape index (κ1) is 22.4. The zero-order valence-corrected chi connectivity index (χ0v) is 19.6. The molecule has 6 nitrogen and oxygen atoms in total. The molecule has 2 amide bonds. The average molecular weight is 470 g/mol. The lowest BCUT2D eigenvalue weighted by molar-refractivity contribution is 0.206. The molecule has 166 valence electrons. The minimum Gasteiger partial charge on any atom is -0.359 e. The predicted molar refractivity (Wildman–Crippen MR) is 131 cm³/mol. The molecule has 0 atom stereocenters. The summed E-state index contributed by atoms with van der Waals surface area (Å²) >= 11 is 12.5. The average Bonchev–Trinajstić information content (AvgIpc) is 2.81. The highest BCUT2D eigenvalue weighted by Gasteiger charge is 2.27. The van der Waals surface area contributed by atoms with Crippen LogP contribution in [0.25, 0.3) is 11.4 Å². The molecule has 0 fully saturated rings. The molecule has 0 unspecified atom stereocenters. The lowest BCUT2D eigenvalue weighted by Crippen LogP contribution is -2.40. The number of fused-ring (bicyclic) bond motifs is 1. The van der Waals surface area contributed by atoms with Gasteiger partial charge in [0.15, 0.2) is 5.82 Å². The van der Waals surface area contributed by atoms with Gasteiger partial charge in [0.25, 0.3) is 0 Å². The molecule has 32 heavy (non-hydrogen) atoms. The Labute approximate surface area is 198 Å². The number of halogens is 2. The maximum absolute atomic E-state index is 13.0. The summed E-state index contributed by atoms with van der Waals surface area (Å²) in [6.45, 7) is 3.96. The van der Waals surface area contributed by atoms with Gasteiger partial charge in [0.2, 0.25) is 0 Å². The van der Waals surface area contributed by atoms with Gasteiger partial charge in [-0.3, -0.25) is 0 Å². The maximum atomic E-state index is 13.0. The van der Waals surface area contributed by atoms with E-state index in [-0.39, 0.29) is 6.03 Å². The highest BCUT2D eigenvalue weighted by atomic mass is 35.5. The topological polar surface area (TPSA) is 61.4 Å². The van der Waals surface area contributed by atoms with Crippen LogP contribution in [-0.4, -0.2) is 41.0 Å². The molecule has 0 aliphatic carbocycles. The molecule has 8 heteroatoms. The molecule has 1 aliphatic rings. The molecule has 0 radical (unpaired) electrons. The van der Waals surface area contributed by atoms with Gasteiger partial charge in [-0.05, 0) is 18.6 Å². The van der Waals surface area contributed by atoms with Gasteiger partial charge in [-0.1, -0.05) is 66.5 Å². The van der Waals surface area contributed by atoms with Gasteiger partial charge in [0.1, 0.15) is 5.82 Å². The number of hydrogen-bond donors (Lipinski definition) is 1. The van der Waals surface area contributed by atoms with E-state index in [1.54, 1.807) is 23.1 Å². The van der Waals surface area contributed by atoms with Crippen molar-refractivity contribution in [2.75, 3.05) is 30.4 Å². The molecular weight excluding hydrogens is 445 g/mol. The molecule has 2 heterocycles. The largest absolute Gasteiger partial charge is 0.359 e. The number of nitrogens with one attached hydrogen (secondary N) is 1. The molecule has 1 aliphatic heterocycles. The summed E-state index contributed by atoms with van der Waals surface area (Å²) in [6.07, 6.45) is 1.64. The molecule has 3 aromatic rings. The van der Waals surface area contributed by atoms with Crippen LogP contribution in [0.1, 0.15) is 24.6 Å². The van der Waals surface area contributed by atoms with Crippen molar-refractivity contribution < 1.29 is 4.79 Å². The fraction of sp³-hybridized carbons (Fsp3) is 0.292. The number of amides is 2. The minimum atomic E-state index is -0.248. The normalized spacial score (nSPS) is 12.9. The quantitative estimate of drug-likeness (QED) is 0.506. The van der Waals surface area contributed by atoms with Crippen LogP contribution in [0.4, 0.5) is 16.3 Å². The van der Waals surface area contributed by atoms with Crippen molar-refractivity contribution in [3.05, 3.63) is 69.8 Å². The smallest absolute Gasteiger partial charge is 0.322 e. The van der Waals surface area contributed by atoms with Gasteiger partial charge in [0.05, 0.1) is 28.0 Å². The molecule has 1 aromatic heterocycles. The molecule has 0 saturated carbocycles. The van der Waals surface area contributed by atoms with Crippen LogP contribution >= 0.6 is 23.2 Å². The van der Waals surface area contributed by atoms with Crippen LogP contribution in [0, 0.1) is 0 Å². The zero-order valence-electron chi connectivity index (χ0n) is 18.1. The van der Waals surface area contributed by atoms with E-state index in [4.69, 9.17) is 33.2 Å².